The second kappa shape index (κ2) is 8.36. The first-order chi connectivity index (χ1) is 12.6. The fraction of sp³-hybridized carbons (Fsp3) is 0.789. The monoisotopic (exact) mass is 400 g/mol. The van der Waals surface area contributed by atoms with Crippen molar-refractivity contribution in [2.75, 3.05) is 0 Å². The Morgan fingerprint density at radius 2 is 1.57 bits per heavy atom. The molecule has 1 saturated carbocycles. The number of hydrazine groups is 1. The standard InChI is InChI=1S/C19H32N2O7/c1-12(2)26-14(23)19(11-9-10-13(19)22)21(16(25)28-18(6,7)8)20-15(24)27-17(3,4)5/h12H,9-11H2,1-8H3,(H,20,24). The molecule has 1 N–H and O–H groups in total. The molecule has 1 atom stereocenters. The van der Waals surface area contributed by atoms with Crippen molar-refractivity contribution in [2.45, 2.75) is 97.5 Å². The molecule has 9 nitrogen and oxygen atoms in total. The van der Waals surface area contributed by atoms with Crippen molar-refractivity contribution < 1.29 is 33.4 Å². The van der Waals surface area contributed by atoms with E-state index in [9.17, 15) is 19.2 Å². The summed E-state index contributed by atoms with van der Waals surface area (Å²) in [6.07, 6.45) is -2.11. The molecule has 0 heterocycles. The Kier molecular flexibility index (Phi) is 7.08. The molecular formula is C19H32N2O7. The van der Waals surface area contributed by atoms with Crippen LogP contribution in [0.2, 0.25) is 0 Å². The van der Waals surface area contributed by atoms with Gasteiger partial charge < -0.3 is 14.2 Å². The van der Waals surface area contributed by atoms with E-state index >= 15 is 0 Å². The Hall–Kier alpha value is -2.32. The molecule has 1 unspecified atom stereocenters. The fourth-order valence-electron chi connectivity index (χ4n) is 2.70. The summed E-state index contributed by atoms with van der Waals surface area (Å²) in [5.74, 6) is -1.44. The molecule has 0 aromatic carbocycles. The van der Waals surface area contributed by atoms with Crippen LogP contribution in [0.15, 0.2) is 0 Å². The van der Waals surface area contributed by atoms with Crippen LogP contribution in [0.25, 0.3) is 0 Å². The summed E-state index contributed by atoms with van der Waals surface area (Å²) in [6, 6.07) is 0. The molecular weight excluding hydrogens is 368 g/mol. The van der Waals surface area contributed by atoms with E-state index in [1.54, 1.807) is 55.4 Å². The van der Waals surface area contributed by atoms with Gasteiger partial charge in [-0.25, -0.2) is 19.8 Å². The van der Waals surface area contributed by atoms with Crippen LogP contribution in [0.1, 0.15) is 74.7 Å². The smallest absolute Gasteiger partial charge is 0.430 e. The summed E-state index contributed by atoms with van der Waals surface area (Å²) in [5.41, 5.74) is -1.53. The minimum absolute atomic E-state index is 0.00638. The second-order valence-electron chi connectivity index (χ2n) is 9.02. The van der Waals surface area contributed by atoms with Crippen molar-refractivity contribution in [1.29, 1.82) is 0 Å². The Balaban J connectivity index is 3.35. The van der Waals surface area contributed by atoms with Crippen molar-refractivity contribution in [1.82, 2.24) is 10.4 Å². The van der Waals surface area contributed by atoms with Gasteiger partial charge in [0.25, 0.3) is 0 Å². The summed E-state index contributed by atoms with van der Waals surface area (Å²) in [5, 5.41) is 0.631. The molecule has 1 fully saturated rings. The Labute approximate surface area is 166 Å². The van der Waals surface area contributed by atoms with Crippen molar-refractivity contribution in [3.63, 3.8) is 0 Å². The van der Waals surface area contributed by atoms with Crippen molar-refractivity contribution >= 4 is 23.9 Å². The SMILES string of the molecule is CC(C)OC(=O)C1(N(NC(=O)OC(C)(C)C)C(=O)OC(C)(C)C)CCCC1=O. The van der Waals surface area contributed by atoms with Gasteiger partial charge in [-0.05, 0) is 68.2 Å². The highest BCUT2D eigenvalue weighted by Crippen LogP contribution is 2.34. The average molecular weight is 400 g/mol. The number of amides is 2. The molecule has 0 aliphatic heterocycles. The van der Waals surface area contributed by atoms with E-state index in [4.69, 9.17) is 14.2 Å². The third-order valence-corrected chi connectivity index (χ3v) is 3.64. The van der Waals surface area contributed by atoms with Crippen LogP contribution in [0, 0.1) is 0 Å². The van der Waals surface area contributed by atoms with Gasteiger partial charge in [0.1, 0.15) is 11.2 Å². The lowest BCUT2D eigenvalue weighted by Crippen LogP contribution is -2.67. The highest BCUT2D eigenvalue weighted by molar-refractivity contribution is 6.12. The zero-order valence-corrected chi connectivity index (χ0v) is 18.0. The van der Waals surface area contributed by atoms with E-state index in [0.29, 0.717) is 11.4 Å². The highest BCUT2D eigenvalue weighted by atomic mass is 16.6. The number of hydrogen-bond donors (Lipinski definition) is 1. The van der Waals surface area contributed by atoms with Crippen LogP contribution >= 0.6 is 0 Å². The first-order valence-electron chi connectivity index (χ1n) is 9.36. The molecule has 1 aliphatic rings. The van der Waals surface area contributed by atoms with E-state index in [-0.39, 0.29) is 12.8 Å². The van der Waals surface area contributed by atoms with Gasteiger partial charge in [-0.15, -0.1) is 0 Å². The number of rotatable bonds is 3. The van der Waals surface area contributed by atoms with Crippen LogP contribution in [-0.2, 0) is 23.8 Å². The summed E-state index contributed by atoms with van der Waals surface area (Å²) >= 11 is 0. The molecule has 0 bridgehead atoms. The van der Waals surface area contributed by atoms with Crippen LogP contribution in [0.3, 0.4) is 0 Å². The van der Waals surface area contributed by atoms with Gasteiger partial charge >= 0.3 is 18.2 Å². The van der Waals surface area contributed by atoms with Crippen LogP contribution in [-0.4, -0.2) is 51.8 Å². The normalized spacial score (nSPS) is 20.0. The Morgan fingerprint density at radius 1 is 1.04 bits per heavy atom. The number of ether oxygens (including phenoxy) is 3. The lowest BCUT2D eigenvalue weighted by Gasteiger charge is -2.38. The summed E-state index contributed by atoms with van der Waals surface area (Å²) in [6.45, 7) is 13.1. The van der Waals surface area contributed by atoms with E-state index in [0.717, 1.165) is 0 Å². The number of esters is 1. The molecule has 28 heavy (non-hydrogen) atoms. The van der Waals surface area contributed by atoms with Gasteiger partial charge in [-0.2, -0.15) is 5.01 Å². The molecule has 0 aromatic rings. The van der Waals surface area contributed by atoms with Crippen molar-refractivity contribution in [3.05, 3.63) is 0 Å². The van der Waals surface area contributed by atoms with E-state index in [1.807, 2.05) is 0 Å². The van der Waals surface area contributed by atoms with Gasteiger partial charge in [0.05, 0.1) is 6.10 Å². The predicted octanol–water partition coefficient (Wildman–Crippen LogP) is 3.11. The molecule has 9 heteroatoms. The number of hydrogen-bond acceptors (Lipinski definition) is 7. The maximum Gasteiger partial charge on any atom is 0.430 e. The van der Waals surface area contributed by atoms with Gasteiger partial charge in [0.2, 0.25) is 5.54 Å². The molecule has 1 rings (SSSR count). The topological polar surface area (TPSA) is 111 Å². The van der Waals surface area contributed by atoms with Gasteiger partial charge in [-0.1, -0.05) is 0 Å². The largest absolute Gasteiger partial charge is 0.461 e. The highest BCUT2D eigenvalue weighted by Gasteiger charge is 2.58. The quantitative estimate of drug-likeness (QED) is 0.335. The Morgan fingerprint density at radius 3 is 1.96 bits per heavy atom. The maximum atomic E-state index is 12.9. The molecule has 1 aliphatic carbocycles. The third-order valence-electron chi connectivity index (χ3n) is 3.64. The number of ketones is 1. The van der Waals surface area contributed by atoms with Crippen molar-refractivity contribution in [2.24, 2.45) is 0 Å². The number of Topliss-reactive ketones (excluding diaryl/α,β-unsaturated/α-hetero) is 1. The molecule has 0 saturated heterocycles. The molecule has 0 radical (unpaired) electrons. The number of carbonyl (C=O) groups excluding carboxylic acids is 4. The molecule has 0 aromatic heterocycles. The lowest BCUT2D eigenvalue weighted by molar-refractivity contribution is -0.166. The number of nitrogens with one attached hydrogen (secondary N) is 1. The summed E-state index contributed by atoms with van der Waals surface area (Å²) < 4.78 is 15.8. The van der Waals surface area contributed by atoms with Gasteiger partial charge in [0, 0.05) is 6.42 Å². The Bertz CT molecular complexity index is 631. The molecule has 2 amide bonds. The third kappa shape index (κ3) is 6.10. The van der Waals surface area contributed by atoms with E-state index in [1.165, 1.54) is 0 Å². The van der Waals surface area contributed by atoms with Crippen molar-refractivity contribution in [3.8, 4) is 0 Å². The maximum absolute atomic E-state index is 12.9. The average Bonchev–Trinajstić information content (AvgIpc) is 2.82. The van der Waals surface area contributed by atoms with Crippen LogP contribution < -0.4 is 5.43 Å². The zero-order valence-electron chi connectivity index (χ0n) is 18.0. The number of carbonyl (C=O) groups is 4. The minimum Gasteiger partial charge on any atom is -0.461 e. The second-order valence-corrected chi connectivity index (χ2v) is 9.02. The predicted molar refractivity (Wildman–Crippen MR) is 100 cm³/mol. The van der Waals surface area contributed by atoms with Gasteiger partial charge in [-0.3, -0.25) is 4.79 Å². The van der Waals surface area contributed by atoms with Gasteiger partial charge in [0.15, 0.2) is 5.78 Å². The molecule has 160 valence electrons. The van der Waals surface area contributed by atoms with Crippen LogP contribution in [0.5, 0.6) is 0 Å². The first kappa shape index (κ1) is 23.7. The minimum atomic E-state index is -2.00. The fourth-order valence-corrected chi connectivity index (χ4v) is 2.70. The molecule has 0 spiro atoms. The summed E-state index contributed by atoms with van der Waals surface area (Å²) in [7, 11) is 0. The number of nitrogens with zero attached hydrogens (tertiary/aromatic N) is 1. The van der Waals surface area contributed by atoms with E-state index in [2.05, 4.69) is 5.43 Å². The lowest BCUT2D eigenvalue weighted by atomic mass is 9.95. The van der Waals surface area contributed by atoms with Crippen LogP contribution in [0.4, 0.5) is 9.59 Å². The van der Waals surface area contributed by atoms with E-state index < -0.39 is 46.8 Å². The zero-order chi connectivity index (χ0) is 21.9. The summed E-state index contributed by atoms with van der Waals surface area (Å²) in [4.78, 5) is 50.8. The first-order valence-corrected chi connectivity index (χ1v) is 9.36.